The molecule has 0 aliphatic carbocycles. The van der Waals surface area contributed by atoms with E-state index >= 15 is 0 Å². The number of carbonyl (C=O) groups excluding carboxylic acids is 1. The van der Waals surface area contributed by atoms with Crippen molar-refractivity contribution < 1.29 is 9.53 Å². The summed E-state index contributed by atoms with van der Waals surface area (Å²) >= 11 is 0. The maximum absolute atomic E-state index is 12.8. The van der Waals surface area contributed by atoms with E-state index in [-0.39, 0.29) is 11.8 Å². The van der Waals surface area contributed by atoms with Crippen molar-refractivity contribution in [2.75, 3.05) is 11.9 Å². The third-order valence-electron chi connectivity index (χ3n) is 4.27. The van der Waals surface area contributed by atoms with Gasteiger partial charge in [-0.1, -0.05) is 18.2 Å². The lowest BCUT2D eigenvalue weighted by Gasteiger charge is -2.12. The van der Waals surface area contributed by atoms with Gasteiger partial charge < -0.3 is 10.1 Å². The third-order valence-corrected chi connectivity index (χ3v) is 4.27. The van der Waals surface area contributed by atoms with Gasteiger partial charge in [0.15, 0.2) is 5.82 Å². The molecule has 1 aliphatic heterocycles. The number of nitrogens with one attached hydrogen (secondary N) is 1. The van der Waals surface area contributed by atoms with E-state index in [2.05, 4.69) is 20.4 Å². The zero-order valence-corrected chi connectivity index (χ0v) is 14.9. The number of aryl methyl sites for hydroxylation is 3. The third kappa shape index (κ3) is 2.92. The molecule has 26 heavy (non-hydrogen) atoms. The Kier molecular flexibility index (Phi) is 3.91. The van der Waals surface area contributed by atoms with Gasteiger partial charge in [0, 0.05) is 23.4 Å². The van der Waals surface area contributed by atoms with Gasteiger partial charge in [0.1, 0.15) is 29.9 Å². The summed E-state index contributed by atoms with van der Waals surface area (Å²) in [5.41, 5.74) is 2.54. The Morgan fingerprint density at radius 2 is 1.96 bits per heavy atom. The number of rotatable bonds is 3. The van der Waals surface area contributed by atoms with Crippen molar-refractivity contribution in [3.05, 3.63) is 59.2 Å². The Morgan fingerprint density at radius 3 is 2.77 bits per heavy atom. The Bertz CT molecular complexity index is 975. The number of fused-ring (bicyclic) bond motifs is 1. The summed E-state index contributed by atoms with van der Waals surface area (Å²) in [5.74, 6) is 2.15. The molecule has 0 saturated carbocycles. The average molecular weight is 349 g/mol. The zero-order chi connectivity index (χ0) is 18.3. The van der Waals surface area contributed by atoms with Crippen LogP contribution in [0.4, 0.5) is 5.82 Å². The van der Waals surface area contributed by atoms with Crippen LogP contribution < -0.4 is 10.1 Å². The van der Waals surface area contributed by atoms with Crippen LogP contribution in [0.3, 0.4) is 0 Å². The minimum atomic E-state index is -0.344. The van der Waals surface area contributed by atoms with Crippen molar-refractivity contribution in [2.45, 2.75) is 26.7 Å². The zero-order valence-electron chi connectivity index (χ0n) is 14.9. The number of benzene rings is 1. The van der Waals surface area contributed by atoms with Crippen molar-refractivity contribution in [3.8, 4) is 11.6 Å². The molecule has 0 fully saturated rings. The van der Waals surface area contributed by atoms with Gasteiger partial charge >= 0.3 is 0 Å². The first-order chi connectivity index (χ1) is 12.5. The van der Waals surface area contributed by atoms with E-state index in [0.29, 0.717) is 24.1 Å². The van der Waals surface area contributed by atoms with E-state index in [4.69, 9.17) is 4.74 Å². The number of aromatic nitrogens is 4. The first kappa shape index (κ1) is 16.3. The second-order valence-electron chi connectivity index (χ2n) is 6.39. The predicted octanol–water partition coefficient (Wildman–Crippen LogP) is 2.70. The Hall–Kier alpha value is -3.22. The van der Waals surface area contributed by atoms with Crippen LogP contribution in [0.15, 0.2) is 36.4 Å². The summed E-state index contributed by atoms with van der Waals surface area (Å²) in [6, 6.07) is 11.3. The molecule has 1 atom stereocenters. The highest BCUT2D eigenvalue weighted by Gasteiger charge is 2.30. The summed E-state index contributed by atoms with van der Waals surface area (Å²) in [4.78, 5) is 21.6. The van der Waals surface area contributed by atoms with Gasteiger partial charge in [-0.05, 0) is 26.8 Å². The molecule has 0 saturated heterocycles. The summed E-state index contributed by atoms with van der Waals surface area (Å²) in [5, 5.41) is 7.44. The molecule has 1 amide bonds. The summed E-state index contributed by atoms with van der Waals surface area (Å²) < 4.78 is 7.25. The Morgan fingerprint density at radius 1 is 1.15 bits per heavy atom. The minimum Gasteiger partial charge on any atom is -0.492 e. The largest absolute Gasteiger partial charge is 0.492 e. The molecule has 7 nitrogen and oxygen atoms in total. The second-order valence-corrected chi connectivity index (χ2v) is 6.39. The molecule has 132 valence electrons. The van der Waals surface area contributed by atoms with Crippen LogP contribution >= 0.6 is 0 Å². The summed E-state index contributed by atoms with van der Waals surface area (Å²) in [7, 11) is 0. The van der Waals surface area contributed by atoms with Gasteiger partial charge in [-0.15, -0.1) is 0 Å². The molecular formula is C19H19N5O2. The van der Waals surface area contributed by atoms with Crippen molar-refractivity contribution in [1.82, 2.24) is 19.7 Å². The topological polar surface area (TPSA) is 81.9 Å². The molecule has 2 aromatic heterocycles. The second kappa shape index (κ2) is 6.25. The maximum Gasteiger partial charge on any atom is 0.236 e. The average Bonchev–Trinajstić information content (AvgIpc) is 3.17. The van der Waals surface area contributed by atoms with Gasteiger partial charge in [-0.2, -0.15) is 9.78 Å². The molecule has 0 bridgehead atoms. The van der Waals surface area contributed by atoms with Gasteiger partial charge in [-0.25, -0.2) is 9.97 Å². The molecule has 1 aromatic carbocycles. The molecule has 1 N–H and O–H groups in total. The molecule has 3 heterocycles. The lowest BCUT2D eigenvalue weighted by Crippen LogP contribution is -2.23. The lowest BCUT2D eigenvalue weighted by molar-refractivity contribution is -0.117. The highest BCUT2D eigenvalue weighted by atomic mass is 16.5. The fourth-order valence-corrected chi connectivity index (χ4v) is 3.16. The molecular weight excluding hydrogens is 330 g/mol. The van der Waals surface area contributed by atoms with Crippen LogP contribution in [-0.4, -0.2) is 32.3 Å². The fourth-order valence-electron chi connectivity index (χ4n) is 3.16. The monoisotopic (exact) mass is 349 g/mol. The van der Waals surface area contributed by atoms with E-state index in [1.165, 1.54) is 0 Å². The molecule has 7 heteroatoms. The number of carbonyl (C=O) groups is 1. The molecule has 4 rings (SSSR count). The van der Waals surface area contributed by atoms with Crippen molar-refractivity contribution in [2.24, 2.45) is 0 Å². The van der Waals surface area contributed by atoms with Gasteiger partial charge in [-0.3, -0.25) is 4.79 Å². The van der Waals surface area contributed by atoms with E-state index < -0.39 is 0 Å². The number of hydrogen-bond acceptors (Lipinski definition) is 5. The van der Waals surface area contributed by atoms with Crippen molar-refractivity contribution in [3.63, 3.8) is 0 Å². The van der Waals surface area contributed by atoms with Gasteiger partial charge in [0.2, 0.25) is 5.91 Å². The number of amides is 1. The van der Waals surface area contributed by atoms with Crippen LogP contribution in [0.2, 0.25) is 0 Å². The van der Waals surface area contributed by atoms with E-state index in [1.54, 1.807) is 4.68 Å². The quantitative estimate of drug-likeness (QED) is 0.786. The number of nitrogens with zero attached hydrogens (tertiary/aromatic N) is 4. The van der Waals surface area contributed by atoms with Gasteiger partial charge in [0.05, 0.1) is 5.69 Å². The number of para-hydroxylation sites is 1. The number of anilines is 1. The molecule has 0 radical (unpaired) electrons. The normalized spacial score (nSPS) is 15.4. The molecule has 0 spiro atoms. The van der Waals surface area contributed by atoms with E-state index in [1.807, 2.05) is 57.2 Å². The number of hydrogen-bond donors (Lipinski definition) is 1. The fraction of sp³-hybridized carbons (Fsp3) is 0.263. The van der Waals surface area contributed by atoms with Gasteiger partial charge in [0.25, 0.3) is 0 Å². The first-order valence-electron chi connectivity index (χ1n) is 8.43. The molecule has 3 aromatic rings. The SMILES string of the molecule is Cc1cc(-n2nc(C)cc2NC(=O)[C@H]2COc3ccccc32)nc(C)n1. The minimum absolute atomic E-state index is 0.126. The lowest BCUT2D eigenvalue weighted by atomic mass is 10.0. The first-order valence-corrected chi connectivity index (χ1v) is 8.43. The van der Waals surface area contributed by atoms with Crippen LogP contribution in [0.25, 0.3) is 5.82 Å². The summed E-state index contributed by atoms with van der Waals surface area (Å²) in [6.07, 6.45) is 0. The van der Waals surface area contributed by atoms with Crippen LogP contribution in [0.1, 0.15) is 28.7 Å². The Labute approximate surface area is 151 Å². The van der Waals surface area contributed by atoms with Crippen LogP contribution in [-0.2, 0) is 4.79 Å². The summed E-state index contributed by atoms with van der Waals surface area (Å²) in [6.45, 7) is 5.95. The van der Waals surface area contributed by atoms with Crippen LogP contribution in [0.5, 0.6) is 5.75 Å². The van der Waals surface area contributed by atoms with Crippen LogP contribution in [0, 0.1) is 20.8 Å². The van der Waals surface area contributed by atoms with E-state index in [0.717, 1.165) is 22.7 Å². The smallest absolute Gasteiger partial charge is 0.236 e. The standard InChI is InChI=1S/C19H19N5O2/c1-11-8-17(21-13(3)20-11)24-18(9-12(2)23-24)22-19(25)15-10-26-16-7-5-4-6-14(15)16/h4-9,15H,10H2,1-3H3,(H,22,25)/t15-/m0/s1. The molecule has 1 aliphatic rings. The predicted molar refractivity (Wildman–Crippen MR) is 96.7 cm³/mol. The van der Waals surface area contributed by atoms with Crippen molar-refractivity contribution in [1.29, 1.82) is 0 Å². The highest BCUT2D eigenvalue weighted by molar-refractivity contribution is 5.96. The van der Waals surface area contributed by atoms with E-state index in [9.17, 15) is 4.79 Å². The highest BCUT2D eigenvalue weighted by Crippen LogP contribution is 2.34. The number of ether oxygens (including phenoxy) is 1. The molecule has 0 unspecified atom stereocenters. The maximum atomic E-state index is 12.8. The van der Waals surface area contributed by atoms with Crippen molar-refractivity contribution >= 4 is 11.7 Å². The Balaban J connectivity index is 1.64.